The highest BCUT2D eigenvalue weighted by Gasteiger charge is 2.19. The molecule has 0 aliphatic heterocycles. The maximum absolute atomic E-state index is 5.20. The zero-order valence-electron chi connectivity index (χ0n) is 26.1. The molecule has 0 fully saturated rings. The lowest BCUT2D eigenvalue weighted by atomic mass is 9.87. The Balaban J connectivity index is 1.20. The molecule has 0 radical (unpaired) electrons. The summed E-state index contributed by atoms with van der Waals surface area (Å²) in [4.78, 5) is 10.0. The molecule has 2 nitrogen and oxygen atoms in total. The molecule has 10 rings (SSSR count). The Bertz CT molecular complexity index is 2790. The standard InChI is InChI=1S/C46H28N2/c1-2-9-29(10-3-1)33-20-24-39-40(27-33)46(41-15-6-7-26-47-41)37-14-5-4-13-36(37)45(39)42-25-21-34(28-48-42)35-22-18-32-17-16-30-11-8-12-31-19-23-38(35)44(32)43(30)31/h1-28H. The van der Waals surface area contributed by atoms with Crippen molar-refractivity contribution in [1.82, 2.24) is 9.97 Å². The van der Waals surface area contributed by atoms with E-state index >= 15 is 0 Å². The quantitative estimate of drug-likeness (QED) is 0.147. The van der Waals surface area contributed by atoms with Gasteiger partial charge in [-0.3, -0.25) is 9.97 Å². The Morgan fingerprint density at radius 2 is 0.958 bits per heavy atom. The first kappa shape index (κ1) is 26.8. The zero-order valence-corrected chi connectivity index (χ0v) is 26.1. The first-order chi connectivity index (χ1) is 23.8. The van der Waals surface area contributed by atoms with Crippen LogP contribution in [0.5, 0.6) is 0 Å². The molecule has 0 aliphatic carbocycles. The van der Waals surface area contributed by atoms with Crippen molar-refractivity contribution >= 4 is 53.9 Å². The molecule has 0 saturated heterocycles. The number of hydrogen-bond donors (Lipinski definition) is 0. The molecule has 2 aromatic heterocycles. The summed E-state index contributed by atoms with van der Waals surface area (Å²) in [5.74, 6) is 0. The van der Waals surface area contributed by atoms with Crippen molar-refractivity contribution in [2.45, 2.75) is 0 Å². The number of benzene rings is 8. The van der Waals surface area contributed by atoms with Crippen LogP contribution in [0.3, 0.4) is 0 Å². The average Bonchev–Trinajstić information content (AvgIpc) is 3.16. The normalized spacial score (nSPS) is 11.8. The number of nitrogens with zero attached hydrogens (tertiary/aromatic N) is 2. The van der Waals surface area contributed by atoms with E-state index in [1.807, 2.05) is 18.5 Å². The predicted octanol–water partition coefficient (Wildman–Crippen LogP) is 12.3. The number of fused-ring (bicyclic) bond motifs is 2. The van der Waals surface area contributed by atoms with E-state index in [2.05, 4.69) is 152 Å². The molecular weight excluding hydrogens is 581 g/mol. The highest BCUT2D eigenvalue weighted by Crippen LogP contribution is 2.45. The van der Waals surface area contributed by atoms with Gasteiger partial charge in [-0.05, 0) is 94.8 Å². The van der Waals surface area contributed by atoms with Crippen LogP contribution in [-0.2, 0) is 0 Å². The van der Waals surface area contributed by atoms with Gasteiger partial charge in [-0.1, -0.05) is 133 Å². The van der Waals surface area contributed by atoms with Crippen molar-refractivity contribution in [3.8, 4) is 44.8 Å². The van der Waals surface area contributed by atoms with Gasteiger partial charge in [0.25, 0.3) is 0 Å². The van der Waals surface area contributed by atoms with Crippen molar-refractivity contribution in [2.75, 3.05) is 0 Å². The lowest BCUT2D eigenvalue weighted by Crippen LogP contribution is -1.94. The van der Waals surface area contributed by atoms with E-state index in [0.29, 0.717) is 0 Å². The lowest BCUT2D eigenvalue weighted by Gasteiger charge is -2.18. The molecule has 0 N–H and O–H groups in total. The zero-order chi connectivity index (χ0) is 31.6. The molecular formula is C46H28N2. The van der Waals surface area contributed by atoms with Crippen molar-refractivity contribution < 1.29 is 0 Å². The highest BCUT2D eigenvalue weighted by atomic mass is 14.7. The van der Waals surface area contributed by atoms with Crippen LogP contribution in [0.1, 0.15) is 0 Å². The van der Waals surface area contributed by atoms with Gasteiger partial charge < -0.3 is 0 Å². The topological polar surface area (TPSA) is 25.8 Å². The molecule has 0 aliphatic rings. The fourth-order valence-electron chi connectivity index (χ4n) is 7.74. The third-order valence-electron chi connectivity index (χ3n) is 9.91. The molecule has 0 bridgehead atoms. The van der Waals surface area contributed by atoms with E-state index in [9.17, 15) is 0 Å². The second-order valence-corrected chi connectivity index (χ2v) is 12.5. The van der Waals surface area contributed by atoms with Gasteiger partial charge in [-0.15, -0.1) is 0 Å². The van der Waals surface area contributed by atoms with Gasteiger partial charge in [0.2, 0.25) is 0 Å². The number of rotatable bonds is 4. The van der Waals surface area contributed by atoms with Crippen LogP contribution in [0.15, 0.2) is 170 Å². The van der Waals surface area contributed by atoms with Crippen LogP contribution < -0.4 is 0 Å². The molecule has 48 heavy (non-hydrogen) atoms. The molecule has 0 amide bonds. The molecule has 0 unspecified atom stereocenters. The molecule has 222 valence electrons. The van der Waals surface area contributed by atoms with Gasteiger partial charge in [0.05, 0.1) is 11.4 Å². The highest BCUT2D eigenvalue weighted by molar-refractivity contribution is 6.25. The molecule has 0 atom stereocenters. The van der Waals surface area contributed by atoms with Gasteiger partial charge in [0.15, 0.2) is 0 Å². The number of aromatic nitrogens is 2. The van der Waals surface area contributed by atoms with Crippen LogP contribution in [0.4, 0.5) is 0 Å². The monoisotopic (exact) mass is 608 g/mol. The Morgan fingerprint density at radius 3 is 1.71 bits per heavy atom. The smallest absolute Gasteiger partial charge is 0.0714 e. The minimum atomic E-state index is 0.956. The Labute approximate surface area is 277 Å². The summed E-state index contributed by atoms with van der Waals surface area (Å²) in [6, 6.07) is 56.7. The van der Waals surface area contributed by atoms with Crippen LogP contribution >= 0.6 is 0 Å². The molecule has 2 heteroatoms. The predicted molar refractivity (Wildman–Crippen MR) is 202 cm³/mol. The summed E-state index contributed by atoms with van der Waals surface area (Å²) < 4.78 is 0. The van der Waals surface area contributed by atoms with Crippen LogP contribution in [0.2, 0.25) is 0 Å². The van der Waals surface area contributed by atoms with Crippen LogP contribution in [0.25, 0.3) is 98.6 Å². The first-order valence-corrected chi connectivity index (χ1v) is 16.4. The van der Waals surface area contributed by atoms with E-state index < -0.39 is 0 Å². The van der Waals surface area contributed by atoms with Gasteiger partial charge in [-0.25, -0.2) is 0 Å². The maximum Gasteiger partial charge on any atom is 0.0714 e. The van der Waals surface area contributed by atoms with Gasteiger partial charge in [-0.2, -0.15) is 0 Å². The first-order valence-electron chi connectivity index (χ1n) is 16.4. The molecule has 0 saturated carbocycles. The van der Waals surface area contributed by atoms with E-state index in [4.69, 9.17) is 9.97 Å². The van der Waals surface area contributed by atoms with E-state index in [1.54, 1.807) is 0 Å². The number of pyridine rings is 2. The van der Waals surface area contributed by atoms with Gasteiger partial charge in [0.1, 0.15) is 0 Å². The summed E-state index contributed by atoms with van der Waals surface area (Å²) >= 11 is 0. The molecule has 2 heterocycles. The van der Waals surface area contributed by atoms with E-state index in [-0.39, 0.29) is 0 Å². The lowest BCUT2D eigenvalue weighted by molar-refractivity contribution is 1.33. The third kappa shape index (κ3) is 4.06. The summed E-state index contributed by atoms with van der Waals surface area (Å²) in [6.07, 6.45) is 3.93. The fourth-order valence-corrected chi connectivity index (χ4v) is 7.74. The van der Waals surface area contributed by atoms with Crippen molar-refractivity contribution in [2.24, 2.45) is 0 Å². The minimum Gasteiger partial charge on any atom is -0.256 e. The maximum atomic E-state index is 5.20. The number of hydrogen-bond acceptors (Lipinski definition) is 2. The summed E-state index contributed by atoms with van der Waals surface area (Å²) in [7, 11) is 0. The SMILES string of the molecule is c1ccc(-c2ccc3c(-c4ccc(-c5ccc6ccc7cccc8ccc5c6c78)cn4)c4ccccc4c(-c4ccccn4)c3c2)cc1. The van der Waals surface area contributed by atoms with Crippen molar-refractivity contribution in [1.29, 1.82) is 0 Å². The molecule has 10 aromatic rings. The van der Waals surface area contributed by atoms with Crippen molar-refractivity contribution in [3.63, 3.8) is 0 Å². The minimum absolute atomic E-state index is 0.956. The second kappa shape index (κ2) is 10.6. The Morgan fingerprint density at radius 1 is 0.333 bits per heavy atom. The van der Waals surface area contributed by atoms with Crippen LogP contribution in [0, 0.1) is 0 Å². The second-order valence-electron chi connectivity index (χ2n) is 12.5. The molecule has 0 spiro atoms. The summed E-state index contributed by atoms with van der Waals surface area (Å²) in [5.41, 5.74) is 8.89. The summed E-state index contributed by atoms with van der Waals surface area (Å²) in [5, 5.41) is 12.4. The third-order valence-corrected chi connectivity index (χ3v) is 9.91. The Kier molecular flexibility index (Phi) is 5.91. The van der Waals surface area contributed by atoms with Crippen molar-refractivity contribution in [3.05, 3.63) is 170 Å². The van der Waals surface area contributed by atoms with Gasteiger partial charge >= 0.3 is 0 Å². The largest absolute Gasteiger partial charge is 0.256 e. The molecule has 8 aromatic carbocycles. The average molecular weight is 609 g/mol. The fraction of sp³-hybridized carbons (Fsp3) is 0. The Hall–Kier alpha value is -6.38. The van der Waals surface area contributed by atoms with E-state index in [1.165, 1.54) is 65.2 Å². The summed E-state index contributed by atoms with van der Waals surface area (Å²) in [6.45, 7) is 0. The van der Waals surface area contributed by atoms with Gasteiger partial charge in [0, 0.05) is 29.1 Å². The van der Waals surface area contributed by atoms with E-state index in [0.717, 1.165) is 33.5 Å². The van der Waals surface area contributed by atoms with Crippen LogP contribution in [-0.4, -0.2) is 9.97 Å².